The second-order valence-electron chi connectivity index (χ2n) is 3.46. The van der Waals surface area contributed by atoms with Crippen LogP contribution >= 0.6 is 0 Å². The van der Waals surface area contributed by atoms with Crippen LogP contribution in [0, 0.1) is 0 Å². The van der Waals surface area contributed by atoms with E-state index >= 15 is 0 Å². The summed E-state index contributed by atoms with van der Waals surface area (Å²) in [5.74, 6) is 5.30. The molecule has 0 spiro atoms. The zero-order valence-electron chi connectivity index (χ0n) is 8.67. The highest BCUT2D eigenvalue weighted by atomic mass is 16.1. The standard InChI is InChI=1S/C10H22N2O/c1-2-3-4-5-6-7-8-9-12(11)10-13/h10H,2-9,11H2,1H3. The third-order valence-corrected chi connectivity index (χ3v) is 2.16. The Hall–Kier alpha value is -0.570. The van der Waals surface area contributed by atoms with Crippen molar-refractivity contribution >= 4 is 6.41 Å². The molecule has 0 aliphatic rings. The maximum absolute atomic E-state index is 10.1. The van der Waals surface area contributed by atoms with E-state index in [1.54, 1.807) is 0 Å². The van der Waals surface area contributed by atoms with E-state index in [0.717, 1.165) is 6.42 Å². The van der Waals surface area contributed by atoms with Crippen LogP contribution in [0.5, 0.6) is 0 Å². The second-order valence-corrected chi connectivity index (χ2v) is 3.46. The van der Waals surface area contributed by atoms with Gasteiger partial charge in [0.1, 0.15) is 0 Å². The average Bonchev–Trinajstić information content (AvgIpc) is 2.16. The van der Waals surface area contributed by atoms with Gasteiger partial charge in [-0.25, -0.2) is 5.84 Å². The number of carbonyl (C=O) groups excluding carboxylic acids is 1. The van der Waals surface area contributed by atoms with Crippen LogP contribution < -0.4 is 5.84 Å². The highest BCUT2D eigenvalue weighted by Crippen LogP contribution is 2.06. The van der Waals surface area contributed by atoms with E-state index in [2.05, 4.69) is 6.92 Å². The van der Waals surface area contributed by atoms with Gasteiger partial charge in [-0.05, 0) is 6.42 Å². The highest BCUT2D eigenvalue weighted by molar-refractivity contribution is 5.45. The number of amides is 1. The molecule has 0 aromatic carbocycles. The van der Waals surface area contributed by atoms with E-state index in [-0.39, 0.29) is 0 Å². The Morgan fingerprint density at radius 1 is 1.08 bits per heavy atom. The Morgan fingerprint density at radius 3 is 2.15 bits per heavy atom. The Bertz CT molecular complexity index is 117. The summed E-state index contributed by atoms with van der Waals surface area (Å²) in [5.41, 5.74) is 0. The topological polar surface area (TPSA) is 46.3 Å². The zero-order chi connectivity index (χ0) is 9.94. The Balaban J connectivity index is 2.95. The van der Waals surface area contributed by atoms with Gasteiger partial charge in [0.2, 0.25) is 6.41 Å². The lowest BCUT2D eigenvalue weighted by Crippen LogP contribution is -2.30. The van der Waals surface area contributed by atoms with E-state index in [9.17, 15) is 4.79 Å². The largest absolute Gasteiger partial charge is 0.283 e. The SMILES string of the molecule is CCCCCCCCCN(N)C=O. The number of nitrogens with two attached hydrogens (primary N) is 1. The van der Waals surface area contributed by atoms with Crippen LogP contribution in [-0.2, 0) is 4.79 Å². The normalized spacial score (nSPS) is 10.0. The number of rotatable bonds is 9. The summed E-state index contributed by atoms with van der Waals surface area (Å²) in [6.45, 7) is 2.91. The predicted molar refractivity (Wildman–Crippen MR) is 55.0 cm³/mol. The molecule has 0 aromatic rings. The van der Waals surface area contributed by atoms with E-state index in [1.165, 1.54) is 43.5 Å². The van der Waals surface area contributed by atoms with Crippen molar-refractivity contribution in [2.75, 3.05) is 6.54 Å². The molecule has 0 saturated heterocycles. The summed E-state index contributed by atoms with van der Waals surface area (Å²) in [5, 5.41) is 1.21. The molecule has 0 radical (unpaired) electrons. The number of hydrazine groups is 1. The maximum atomic E-state index is 10.1. The molecule has 0 bridgehead atoms. The summed E-state index contributed by atoms with van der Waals surface area (Å²) in [6.07, 6.45) is 9.46. The van der Waals surface area contributed by atoms with Crippen LogP contribution in [-0.4, -0.2) is 18.0 Å². The molecular formula is C10H22N2O. The van der Waals surface area contributed by atoms with Crippen molar-refractivity contribution in [3.63, 3.8) is 0 Å². The molecule has 0 fully saturated rings. The first-order chi connectivity index (χ1) is 6.31. The first-order valence-corrected chi connectivity index (χ1v) is 5.28. The second kappa shape index (κ2) is 9.52. The van der Waals surface area contributed by atoms with E-state index in [0.29, 0.717) is 13.0 Å². The van der Waals surface area contributed by atoms with Crippen molar-refractivity contribution in [2.24, 2.45) is 5.84 Å². The Labute approximate surface area is 81.3 Å². The third kappa shape index (κ3) is 9.34. The molecule has 78 valence electrons. The maximum Gasteiger partial charge on any atom is 0.223 e. The number of nitrogens with zero attached hydrogens (tertiary/aromatic N) is 1. The van der Waals surface area contributed by atoms with Crippen LogP contribution in [0.15, 0.2) is 0 Å². The minimum atomic E-state index is 0.678. The molecule has 3 nitrogen and oxygen atoms in total. The number of unbranched alkanes of at least 4 members (excludes halogenated alkanes) is 6. The van der Waals surface area contributed by atoms with E-state index < -0.39 is 0 Å². The smallest absolute Gasteiger partial charge is 0.223 e. The van der Waals surface area contributed by atoms with Crippen LogP contribution in [0.1, 0.15) is 51.9 Å². The molecule has 0 aliphatic carbocycles. The van der Waals surface area contributed by atoms with Gasteiger partial charge in [0, 0.05) is 6.54 Å². The molecule has 0 rings (SSSR count). The molecule has 0 aromatic heterocycles. The van der Waals surface area contributed by atoms with E-state index in [1.807, 2.05) is 0 Å². The Kier molecular flexibility index (Phi) is 9.10. The molecule has 0 unspecified atom stereocenters. The first kappa shape index (κ1) is 12.4. The lowest BCUT2D eigenvalue weighted by molar-refractivity contribution is -0.118. The summed E-state index contributed by atoms with van der Waals surface area (Å²) >= 11 is 0. The van der Waals surface area contributed by atoms with Crippen LogP contribution in [0.2, 0.25) is 0 Å². The van der Waals surface area contributed by atoms with Gasteiger partial charge >= 0.3 is 0 Å². The van der Waals surface area contributed by atoms with Gasteiger partial charge in [-0.15, -0.1) is 0 Å². The Morgan fingerprint density at radius 2 is 1.62 bits per heavy atom. The minimum absolute atomic E-state index is 0.678. The van der Waals surface area contributed by atoms with Crippen LogP contribution in [0.25, 0.3) is 0 Å². The van der Waals surface area contributed by atoms with Crippen LogP contribution in [0.3, 0.4) is 0 Å². The van der Waals surface area contributed by atoms with Crippen molar-refractivity contribution in [3.8, 4) is 0 Å². The summed E-state index contributed by atoms with van der Waals surface area (Å²) in [7, 11) is 0. The summed E-state index contributed by atoms with van der Waals surface area (Å²) in [6, 6.07) is 0. The fraction of sp³-hybridized carbons (Fsp3) is 0.900. The van der Waals surface area contributed by atoms with Gasteiger partial charge in [-0.3, -0.25) is 9.80 Å². The molecule has 0 heterocycles. The fourth-order valence-electron chi connectivity index (χ4n) is 1.30. The highest BCUT2D eigenvalue weighted by Gasteiger charge is 1.94. The van der Waals surface area contributed by atoms with Gasteiger partial charge in [-0.2, -0.15) is 0 Å². The van der Waals surface area contributed by atoms with Gasteiger partial charge in [0.15, 0.2) is 0 Å². The molecule has 3 heteroatoms. The fourth-order valence-corrected chi connectivity index (χ4v) is 1.30. The van der Waals surface area contributed by atoms with Gasteiger partial charge in [0.05, 0.1) is 0 Å². The van der Waals surface area contributed by atoms with Crippen molar-refractivity contribution in [3.05, 3.63) is 0 Å². The lowest BCUT2D eigenvalue weighted by Gasteiger charge is -2.08. The molecular weight excluding hydrogens is 164 g/mol. The number of carbonyl (C=O) groups is 1. The minimum Gasteiger partial charge on any atom is -0.283 e. The van der Waals surface area contributed by atoms with Crippen molar-refractivity contribution in [2.45, 2.75) is 51.9 Å². The van der Waals surface area contributed by atoms with Crippen molar-refractivity contribution < 1.29 is 4.79 Å². The van der Waals surface area contributed by atoms with Crippen LogP contribution in [0.4, 0.5) is 0 Å². The van der Waals surface area contributed by atoms with Gasteiger partial charge in [0.25, 0.3) is 0 Å². The molecule has 13 heavy (non-hydrogen) atoms. The van der Waals surface area contributed by atoms with Crippen molar-refractivity contribution in [1.29, 1.82) is 0 Å². The third-order valence-electron chi connectivity index (χ3n) is 2.16. The van der Waals surface area contributed by atoms with E-state index in [4.69, 9.17) is 5.84 Å². The number of hydrogen-bond donors (Lipinski definition) is 1. The molecule has 1 amide bonds. The quantitative estimate of drug-likeness (QED) is 0.197. The van der Waals surface area contributed by atoms with Crippen molar-refractivity contribution in [1.82, 2.24) is 5.01 Å². The monoisotopic (exact) mass is 186 g/mol. The molecule has 2 N–H and O–H groups in total. The van der Waals surface area contributed by atoms with Gasteiger partial charge < -0.3 is 0 Å². The molecule has 0 atom stereocenters. The number of hydrogen-bond acceptors (Lipinski definition) is 2. The predicted octanol–water partition coefficient (Wildman–Crippen LogP) is 2.07. The summed E-state index contributed by atoms with van der Waals surface area (Å²) < 4.78 is 0. The first-order valence-electron chi connectivity index (χ1n) is 5.28. The van der Waals surface area contributed by atoms with Gasteiger partial charge in [-0.1, -0.05) is 45.4 Å². The average molecular weight is 186 g/mol. The molecule has 0 aliphatic heterocycles. The molecule has 0 saturated carbocycles. The zero-order valence-corrected chi connectivity index (χ0v) is 8.67. The lowest BCUT2D eigenvalue weighted by atomic mass is 10.1. The summed E-state index contributed by atoms with van der Waals surface area (Å²) in [4.78, 5) is 10.1.